The number of carbonyl (C=O) groups is 1. The molecule has 5 heteroatoms. The topological polar surface area (TPSA) is 23.6 Å². The highest BCUT2D eigenvalue weighted by atomic mass is 32.1. The summed E-state index contributed by atoms with van der Waals surface area (Å²) in [6, 6.07) is 13.1. The van der Waals surface area contributed by atoms with Gasteiger partial charge in [-0.2, -0.15) is 4.39 Å². The molecular weight excluding hydrogens is 359 g/mol. The number of hydrogen-bond donors (Lipinski definition) is 0. The molecule has 1 aliphatic carbocycles. The summed E-state index contributed by atoms with van der Waals surface area (Å²) in [4.78, 5) is 18.2. The minimum Gasteiger partial charge on any atom is -0.338 e. The monoisotopic (exact) mass is 386 g/mol. The van der Waals surface area contributed by atoms with Gasteiger partial charge in [0.2, 0.25) is 0 Å². The van der Waals surface area contributed by atoms with Crippen molar-refractivity contribution < 1.29 is 9.18 Å². The van der Waals surface area contributed by atoms with E-state index in [1.165, 1.54) is 11.3 Å². The van der Waals surface area contributed by atoms with Gasteiger partial charge in [-0.05, 0) is 75.9 Å². The van der Waals surface area contributed by atoms with E-state index in [9.17, 15) is 9.18 Å². The predicted octanol–water partition coefficient (Wildman–Crippen LogP) is 4.75. The zero-order chi connectivity index (χ0) is 19.1. The molecule has 2 aromatic rings. The van der Waals surface area contributed by atoms with Gasteiger partial charge in [0, 0.05) is 23.5 Å². The van der Waals surface area contributed by atoms with Crippen LogP contribution in [0.3, 0.4) is 0 Å². The number of amides is 1. The van der Waals surface area contributed by atoms with E-state index in [1.807, 2.05) is 41.3 Å². The zero-order valence-electron chi connectivity index (χ0n) is 16.1. The largest absolute Gasteiger partial charge is 0.338 e. The van der Waals surface area contributed by atoms with Gasteiger partial charge in [-0.25, -0.2) is 0 Å². The number of carbonyl (C=O) groups excluding carboxylic acids is 1. The van der Waals surface area contributed by atoms with Gasteiger partial charge in [-0.15, -0.1) is 11.3 Å². The van der Waals surface area contributed by atoms with Crippen LogP contribution < -0.4 is 0 Å². The Bertz CT molecular complexity index is 809. The fourth-order valence-corrected chi connectivity index (χ4v) is 6.01. The number of rotatable bonds is 3. The standard InChI is InChI=1S/C22H27FN2OS/c1-24(2)22(18-8-9-19(23)27-18)12-10-21(11-13-22)14-15-25(16-21)20(26)17-6-4-3-5-7-17/h3-9H,10-16H2,1-2H3. The normalized spacial score (nSPS) is 28.2. The summed E-state index contributed by atoms with van der Waals surface area (Å²) in [6.07, 6.45) is 5.29. The SMILES string of the molecule is CN(C)C1(c2ccc(F)s2)CCC2(CCN(C(=O)c3ccccc3)C2)CC1. The molecule has 1 aromatic heterocycles. The lowest BCUT2D eigenvalue weighted by molar-refractivity contribution is 0.0393. The minimum atomic E-state index is -0.105. The molecule has 4 rings (SSSR count). The first-order chi connectivity index (χ1) is 12.9. The molecule has 1 saturated carbocycles. The van der Waals surface area contributed by atoms with Gasteiger partial charge in [0.05, 0.1) is 5.54 Å². The molecule has 0 atom stereocenters. The van der Waals surface area contributed by atoms with E-state index < -0.39 is 0 Å². The van der Waals surface area contributed by atoms with Crippen LogP contribution in [0, 0.1) is 10.5 Å². The molecule has 1 aromatic carbocycles. The average molecular weight is 387 g/mol. The van der Waals surface area contributed by atoms with E-state index in [4.69, 9.17) is 0 Å². The van der Waals surface area contributed by atoms with Gasteiger partial charge in [-0.3, -0.25) is 9.69 Å². The Kier molecular flexibility index (Phi) is 4.85. The Hall–Kier alpha value is -1.72. The fourth-order valence-electron chi connectivity index (χ4n) is 4.95. The molecule has 0 N–H and O–H groups in total. The summed E-state index contributed by atoms with van der Waals surface area (Å²) in [6.45, 7) is 1.69. The Balaban J connectivity index is 1.48. The van der Waals surface area contributed by atoms with Crippen molar-refractivity contribution in [2.75, 3.05) is 27.2 Å². The molecule has 27 heavy (non-hydrogen) atoms. The van der Waals surface area contributed by atoms with Crippen LogP contribution >= 0.6 is 11.3 Å². The van der Waals surface area contributed by atoms with Crippen LogP contribution in [0.1, 0.15) is 47.3 Å². The molecule has 144 valence electrons. The van der Waals surface area contributed by atoms with Crippen molar-refractivity contribution in [1.82, 2.24) is 9.80 Å². The molecule has 2 aliphatic rings. The number of benzene rings is 1. The zero-order valence-corrected chi connectivity index (χ0v) is 16.9. The summed E-state index contributed by atoms with van der Waals surface area (Å²) in [5, 5.41) is -0.105. The van der Waals surface area contributed by atoms with E-state index >= 15 is 0 Å². The van der Waals surface area contributed by atoms with Crippen LogP contribution in [0.5, 0.6) is 0 Å². The van der Waals surface area contributed by atoms with Crippen molar-refractivity contribution in [1.29, 1.82) is 0 Å². The highest BCUT2D eigenvalue weighted by Crippen LogP contribution is 2.52. The number of likely N-dealkylation sites (tertiary alicyclic amines) is 1. The Labute approximate surface area is 164 Å². The summed E-state index contributed by atoms with van der Waals surface area (Å²) >= 11 is 1.28. The maximum Gasteiger partial charge on any atom is 0.253 e. The smallest absolute Gasteiger partial charge is 0.253 e. The first kappa shape index (κ1) is 18.6. The number of thiophene rings is 1. The highest BCUT2D eigenvalue weighted by molar-refractivity contribution is 7.10. The van der Waals surface area contributed by atoms with Crippen molar-refractivity contribution in [2.24, 2.45) is 5.41 Å². The molecule has 1 spiro atoms. The Morgan fingerprint density at radius 2 is 1.74 bits per heavy atom. The predicted molar refractivity (Wildman–Crippen MR) is 108 cm³/mol. The molecule has 1 amide bonds. The Morgan fingerprint density at radius 1 is 1.04 bits per heavy atom. The third-order valence-corrected chi connectivity index (χ3v) is 7.84. The highest BCUT2D eigenvalue weighted by Gasteiger charge is 2.49. The third kappa shape index (κ3) is 3.32. The second-order valence-electron chi connectivity index (χ2n) is 8.37. The summed E-state index contributed by atoms with van der Waals surface area (Å²) < 4.78 is 13.7. The quantitative estimate of drug-likeness (QED) is 0.760. The van der Waals surface area contributed by atoms with Crippen molar-refractivity contribution >= 4 is 17.2 Å². The molecule has 3 nitrogen and oxygen atoms in total. The minimum absolute atomic E-state index is 0.0723. The van der Waals surface area contributed by atoms with Crippen molar-refractivity contribution in [3.63, 3.8) is 0 Å². The maximum absolute atomic E-state index is 13.7. The van der Waals surface area contributed by atoms with E-state index in [2.05, 4.69) is 19.0 Å². The van der Waals surface area contributed by atoms with E-state index in [0.29, 0.717) is 0 Å². The summed E-state index contributed by atoms with van der Waals surface area (Å²) in [7, 11) is 4.21. The molecular formula is C22H27FN2OS. The van der Waals surface area contributed by atoms with Gasteiger partial charge in [0.25, 0.3) is 5.91 Å². The van der Waals surface area contributed by atoms with Crippen LogP contribution in [0.2, 0.25) is 0 Å². The van der Waals surface area contributed by atoms with Gasteiger partial charge in [0.15, 0.2) is 5.13 Å². The van der Waals surface area contributed by atoms with E-state index in [1.54, 1.807) is 6.07 Å². The van der Waals surface area contributed by atoms with E-state index in [-0.39, 0.29) is 22.0 Å². The fraction of sp³-hybridized carbons (Fsp3) is 0.500. The lowest BCUT2D eigenvalue weighted by Crippen LogP contribution is -2.47. The van der Waals surface area contributed by atoms with Crippen molar-refractivity contribution in [2.45, 2.75) is 37.6 Å². The number of hydrogen-bond acceptors (Lipinski definition) is 3. The van der Waals surface area contributed by atoms with Crippen LogP contribution in [-0.2, 0) is 5.54 Å². The first-order valence-corrected chi connectivity index (χ1v) is 10.5. The molecule has 1 aliphatic heterocycles. The average Bonchev–Trinajstić information content (AvgIpc) is 3.30. The number of halogens is 1. The van der Waals surface area contributed by atoms with E-state index in [0.717, 1.165) is 55.6 Å². The van der Waals surface area contributed by atoms with Crippen LogP contribution in [0.15, 0.2) is 42.5 Å². The van der Waals surface area contributed by atoms with Gasteiger partial charge >= 0.3 is 0 Å². The van der Waals surface area contributed by atoms with Gasteiger partial charge in [-0.1, -0.05) is 18.2 Å². The molecule has 2 heterocycles. The number of nitrogens with zero attached hydrogens (tertiary/aromatic N) is 2. The molecule has 1 saturated heterocycles. The van der Waals surface area contributed by atoms with Crippen LogP contribution in [-0.4, -0.2) is 42.9 Å². The lowest BCUT2D eigenvalue weighted by atomic mass is 9.66. The van der Waals surface area contributed by atoms with Gasteiger partial charge < -0.3 is 4.90 Å². The van der Waals surface area contributed by atoms with Crippen LogP contribution in [0.4, 0.5) is 4.39 Å². The Morgan fingerprint density at radius 3 is 2.33 bits per heavy atom. The molecule has 0 radical (unpaired) electrons. The third-order valence-electron chi connectivity index (χ3n) is 6.77. The first-order valence-electron chi connectivity index (χ1n) is 9.72. The van der Waals surface area contributed by atoms with Gasteiger partial charge in [0.1, 0.15) is 0 Å². The van der Waals surface area contributed by atoms with Crippen molar-refractivity contribution in [3.8, 4) is 0 Å². The van der Waals surface area contributed by atoms with Crippen molar-refractivity contribution in [3.05, 3.63) is 58.0 Å². The lowest BCUT2D eigenvalue weighted by Gasteiger charge is -2.48. The second-order valence-corrected chi connectivity index (χ2v) is 9.41. The molecule has 0 unspecified atom stereocenters. The second kappa shape index (κ2) is 7.02. The van der Waals surface area contributed by atoms with Crippen LogP contribution in [0.25, 0.3) is 0 Å². The molecule has 2 fully saturated rings. The summed E-state index contributed by atoms with van der Waals surface area (Å²) in [5.41, 5.74) is 0.929. The molecule has 0 bridgehead atoms. The summed E-state index contributed by atoms with van der Waals surface area (Å²) in [5.74, 6) is 0.150. The maximum atomic E-state index is 13.7.